The van der Waals surface area contributed by atoms with Crippen LogP contribution in [0.4, 0.5) is 5.69 Å². The fraction of sp³-hybridized carbons (Fsp3) is 0.231. The van der Waals surface area contributed by atoms with Crippen molar-refractivity contribution in [3.8, 4) is 6.07 Å². The lowest BCUT2D eigenvalue weighted by atomic mass is 10.0. The van der Waals surface area contributed by atoms with Crippen molar-refractivity contribution in [2.24, 2.45) is 10.7 Å². The molecule has 1 heterocycles. The molecule has 0 saturated carbocycles. The molecule has 0 aromatic heterocycles. The summed E-state index contributed by atoms with van der Waals surface area (Å²) in [5.41, 5.74) is 9.84. The molecule has 0 fully saturated rings. The third kappa shape index (κ3) is 5.60. The lowest BCUT2D eigenvalue weighted by Gasteiger charge is -2.17. The molecular weight excluding hydrogens is 432 g/mol. The molecule has 1 aliphatic rings. The Bertz CT molecular complexity index is 1200. The highest BCUT2D eigenvalue weighted by Gasteiger charge is 2.32. The number of allylic oxidation sites excluding steroid dienone is 2. The maximum atomic E-state index is 13.3. The number of nitrogens with two attached hydrogens (primary N) is 1. The third-order valence-corrected chi connectivity index (χ3v) is 6.08. The molecule has 6 nitrogen and oxygen atoms in total. The zero-order chi connectivity index (χ0) is 24.1. The predicted octanol–water partition coefficient (Wildman–Crippen LogP) is 4.92. The minimum Gasteiger partial charge on any atom is -0.401 e. The highest BCUT2D eigenvalue weighted by atomic mass is 32.2. The average molecular weight is 459 g/mol. The van der Waals surface area contributed by atoms with Crippen molar-refractivity contribution >= 4 is 40.4 Å². The number of aryl methyl sites for hydroxylation is 1. The molecule has 0 spiro atoms. The van der Waals surface area contributed by atoms with Crippen LogP contribution in [-0.4, -0.2) is 22.6 Å². The Morgan fingerprint density at radius 2 is 1.82 bits per heavy atom. The normalized spacial score (nSPS) is 15.5. The van der Waals surface area contributed by atoms with Gasteiger partial charge in [0.05, 0.1) is 11.4 Å². The topological polar surface area (TPSA) is 99.5 Å². The van der Waals surface area contributed by atoms with Crippen molar-refractivity contribution < 1.29 is 9.59 Å². The number of amides is 1. The summed E-state index contributed by atoms with van der Waals surface area (Å²) >= 11 is 1.11. The molecule has 7 heteroatoms. The zero-order valence-electron chi connectivity index (χ0n) is 19.1. The number of benzene rings is 2. The van der Waals surface area contributed by atoms with Crippen LogP contribution in [0, 0.1) is 18.3 Å². The van der Waals surface area contributed by atoms with Crippen LogP contribution < -0.4 is 10.6 Å². The maximum Gasteiger partial charge on any atom is 0.283 e. The molecule has 0 aliphatic carbocycles. The second-order valence-corrected chi connectivity index (χ2v) is 9.05. The molecule has 0 unspecified atom stereocenters. The van der Waals surface area contributed by atoms with Crippen molar-refractivity contribution in [3.63, 3.8) is 0 Å². The molecule has 1 amide bonds. The van der Waals surface area contributed by atoms with Gasteiger partial charge in [-0.05, 0) is 49.1 Å². The number of carbonyl (C=O) groups is 2. The standard InChI is InChI=1S/C26H26N4O2S/c1-16(2)20-9-7-19(8-10-20)13-23-25(32)30(21-11-5-17(3)6-12-21)26(29-23)33-15-24(31)22(14-27)18(4)28/h5-13,16H,15,28H2,1-4H3/b22-18+,23-13-. The second kappa shape index (κ2) is 10.3. The zero-order valence-corrected chi connectivity index (χ0v) is 19.9. The highest BCUT2D eigenvalue weighted by Crippen LogP contribution is 2.30. The van der Waals surface area contributed by atoms with Crippen LogP contribution >= 0.6 is 11.8 Å². The monoisotopic (exact) mass is 458 g/mol. The van der Waals surface area contributed by atoms with Gasteiger partial charge in [0.2, 0.25) is 0 Å². The molecule has 2 aromatic carbocycles. The van der Waals surface area contributed by atoms with Gasteiger partial charge in [0.25, 0.3) is 5.91 Å². The molecule has 1 aliphatic heterocycles. The molecule has 0 saturated heterocycles. The van der Waals surface area contributed by atoms with E-state index in [0.717, 1.165) is 22.9 Å². The molecule has 2 N–H and O–H groups in total. The van der Waals surface area contributed by atoms with Crippen molar-refractivity contribution in [2.75, 3.05) is 10.7 Å². The van der Waals surface area contributed by atoms with Gasteiger partial charge in [0, 0.05) is 5.70 Å². The van der Waals surface area contributed by atoms with Crippen LogP contribution in [0.25, 0.3) is 6.08 Å². The van der Waals surface area contributed by atoms with Gasteiger partial charge in [-0.3, -0.25) is 14.5 Å². The minimum absolute atomic E-state index is 0.0533. The molecule has 0 radical (unpaired) electrons. The van der Waals surface area contributed by atoms with E-state index in [2.05, 4.69) is 18.8 Å². The molecule has 168 valence electrons. The van der Waals surface area contributed by atoms with Crippen LogP contribution in [0.1, 0.15) is 43.4 Å². The van der Waals surface area contributed by atoms with Crippen molar-refractivity contribution in [3.05, 3.63) is 82.2 Å². The third-order valence-electron chi connectivity index (χ3n) is 5.15. The summed E-state index contributed by atoms with van der Waals surface area (Å²) in [6, 6.07) is 17.4. The molecular formula is C26H26N4O2S. The SMILES string of the molecule is C/C(N)=C(/C#N)C(=O)CSC1=N/C(=C\c2ccc(C(C)C)cc2)C(=O)N1c1ccc(C)cc1. The van der Waals surface area contributed by atoms with Crippen LogP contribution in [0.2, 0.25) is 0 Å². The van der Waals surface area contributed by atoms with E-state index >= 15 is 0 Å². The fourth-order valence-corrected chi connectivity index (χ4v) is 4.11. The van der Waals surface area contributed by atoms with Crippen molar-refractivity contribution in [1.82, 2.24) is 0 Å². The average Bonchev–Trinajstić information content (AvgIpc) is 3.08. The maximum absolute atomic E-state index is 13.3. The molecule has 0 bridgehead atoms. The number of nitrogens with zero attached hydrogens (tertiary/aromatic N) is 3. The molecule has 0 atom stereocenters. The number of aliphatic imine (C=N–C) groups is 1. The number of anilines is 1. The Kier molecular flexibility index (Phi) is 7.52. The minimum atomic E-state index is -0.400. The number of rotatable bonds is 6. The first-order valence-electron chi connectivity index (χ1n) is 10.5. The van der Waals surface area contributed by atoms with Crippen LogP contribution in [0.5, 0.6) is 0 Å². The first kappa shape index (κ1) is 24.0. The first-order valence-corrected chi connectivity index (χ1v) is 11.5. The summed E-state index contributed by atoms with van der Waals surface area (Å²) < 4.78 is 0. The highest BCUT2D eigenvalue weighted by molar-refractivity contribution is 8.14. The Labute approximate surface area is 198 Å². The van der Waals surface area contributed by atoms with Gasteiger partial charge in [0.1, 0.15) is 17.3 Å². The molecule has 3 rings (SSSR count). The van der Waals surface area contributed by atoms with E-state index in [-0.39, 0.29) is 28.6 Å². The lowest BCUT2D eigenvalue weighted by molar-refractivity contribution is -0.114. The Morgan fingerprint density at radius 1 is 1.18 bits per heavy atom. The fourth-order valence-electron chi connectivity index (χ4n) is 3.22. The number of hydrogen-bond donors (Lipinski definition) is 1. The van der Waals surface area contributed by atoms with E-state index in [0.29, 0.717) is 16.8 Å². The number of ketones is 1. The largest absolute Gasteiger partial charge is 0.401 e. The van der Waals surface area contributed by atoms with Crippen LogP contribution in [0.3, 0.4) is 0 Å². The number of amidine groups is 1. The van der Waals surface area contributed by atoms with E-state index in [1.54, 1.807) is 6.08 Å². The number of Topliss-reactive ketones (excluding diaryl/α,β-unsaturated/α-hetero) is 1. The van der Waals surface area contributed by atoms with E-state index in [1.165, 1.54) is 17.4 Å². The van der Waals surface area contributed by atoms with Gasteiger partial charge < -0.3 is 5.73 Å². The quantitative estimate of drug-likeness (QED) is 0.489. The molecule has 33 heavy (non-hydrogen) atoms. The van der Waals surface area contributed by atoms with E-state index in [1.807, 2.05) is 61.5 Å². The first-order chi connectivity index (χ1) is 15.7. The predicted molar refractivity (Wildman–Crippen MR) is 135 cm³/mol. The number of carbonyl (C=O) groups excluding carboxylic acids is 2. The van der Waals surface area contributed by atoms with Gasteiger partial charge >= 0.3 is 0 Å². The van der Waals surface area contributed by atoms with Crippen LogP contribution in [-0.2, 0) is 9.59 Å². The van der Waals surface area contributed by atoms with Gasteiger partial charge in [-0.2, -0.15) is 5.26 Å². The van der Waals surface area contributed by atoms with Gasteiger partial charge in [-0.15, -0.1) is 0 Å². The summed E-state index contributed by atoms with van der Waals surface area (Å²) in [6.45, 7) is 7.74. The smallest absolute Gasteiger partial charge is 0.283 e. The van der Waals surface area contributed by atoms with Gasteiger partial charge in [0.15, 0.2) is 11.0 Å². The second-order valence-electron chi connectivity index (χ2n) is 8.10. The number of hydrogen-bond acceptors (Lipinski definition) is 6. The summed E-state index contributed by atoms with van der Waals surface area (Å²) in [6.07, 6.45) is 1.74. The summed E-state index contributed by atoms with van der Waals surface area (Å²) in [5.74, 6) is -0.307. The Balaban J connectivity index is 1.93. The van der Waals surface area contributed by atoms with Crippen LogP contribution in [0.15, 0.2) is 70.5 Å². The summed E-state index contributed by atoms with van der Waals surface area (Å²) in [4.78, 5) is 31.8. The Morgan fingerprint density at radius 3 is 2.36 bits per heavy atom. The Hall–Kier alpha value is -3.63. The van der Waals surface area contributed by atoms with Gasteiger partial charge in [-0.1, -0.05) is 67.6 Å². The van der Waals surface area contributed by atoms with Crippen molar-refractivity contribution in [2.45, 2.75) is 33.6 Å². The summed E-state index contributed by atoms with van der Waals surface area (Å²) in [5, 5.41) is 9.58. The lowest BCUT2D eigenvalue weighted by Crippen LogP contribution is -2.31. The summed E-state index contributed by atoms with van der Waals surface area (Å²) in [7, 11) is 0. The van der Waals surface area contributed by atoms with Crippen molar-refractivity contribution in [1.29, 1.82) is 5.26 Å². The van der Waals surface area contributed by atoms with E-state index in [9.17, 15) is 14.9 Å². The van der Waals surface area contributed by atoms with E-state index in [4.69, 9.17) is 5.73 Å². The van der Waals surface area contributed by atoms with E-state index < -0.39 is 5.78 Å². The molecule has 2 aromatic rings. The number of nitriles is 1. The number of thioether (sulfide) groups is 1. The van der Waals surface area contributed by atoms with Gasteiger partial charge in [-0.25, -0.2) is 4.99 Å².